The van der Waals surface area contributed by atoms with Crippen LogP contribution in [0.4, 0.5) is 4.79 Å². The summed E-state index contributed by atoms with van der Waals surface area (Å²) in [7, 11) is 1.68. The van der Waals surface area contributed by atoms with Gasteiger partial charge in [0.2, 0.25) is 5.91 Å². The second kappa shape index (κ2) is 12.2. The SMILES string of the molecule is CCCCC(NC(=O)OCC1c2ccccc2-c2ccccc21)C(=O)N(C)CCCCC(=O)O. The Hall–Kier alpha value is -3.35. The van der Waals surface area contributed by atoms with Gasteiger partial charge in [0.25, 0.3) is 0 Å². The van der Waals surface area contributed by atoms with Gasteiger partial charge in [-0.25, -0.2) is 4.79 Å². The molecule has 0 aliphatic heterocycles. The van der Waals surface area contributed by atoms with Crippen molar-refractivity contribution in [2.45, 2.75) is 57.4 Å². The van der Waals surface area contributed by atoms with Crippen LogP contribution in [0.2, 0.25) is 0 Å². The van der Waals surface area contributed by atoms with Crippen molar-refractivity contribution in [1.82, 2.24) is 10.2 Å². The average Bonchev–Trinajstić information content (AvgIpc) is 3.16. The van der Waals surface area contributed by atoms with Crippen LogP contribution in [0.5, 0.6) is 0 Å². The lowest BCUT2D eigenvalue weighted by Gasteiger charge is -2.25. The lowest BCUT2D eigenvalue weighted by molar-refractivity contribution is -0.137. The van der Waals surface area contributed by atoms with Crippen LogP contribution in [-0.2, 0) is 14.3 Å². The Morgan fingerprint density at radius 3 is 2.21 bits per heavy atom. The molecule has 0 fully saturated rings. The molecule has 2 aromatic carbocycles. The van der Waals surface area contributed by atoms with Crippen molar-refractivity contribution in [3.63, 3.8) is 0 Å². The van der Waals surface area contributed by atoms with Gasteiger partial charge in [0.05, 0.1) is 0 Å². The van der Waals surface area contributed by atoms with Crippen molar-refractivity contribution in [3.05, 3.63) is 59.7 Å². The van der Waals surface area contributed by atoms with E-state index in [0.717, 1.165) is 35.1 Å². The predicted molar refractivity (Wildman–Crippen MR) is 131 cm³/mol. The summed E-state index contributed by atoms with van der Waals surface area (Å²) in [6, 6.07) is 15.6. The Morgan fingerprint density at radius 1 is 1.00 bits per heavy atom. The second-order valence-electron chi connectivity index (χ2n) is 8.78. The number of carbonyl (C=O) groups is 3. The highest BCUT2D eigenvalue weighted by molar-refractivity contribution is 5.85. The molecule has 0 saturated heterocycles. The molecule has 1 unspecified atom stereocenters. The van der Waals surface area contributed by atoms with Gasteiger partial charge in [-0.2, -0.15) is 0 Å². The number of carboxylic acids is 1. The highest BCUT2D eigenvalue weighted by atomic mass is 16.5. The molecular weight excluding hydrogens is 432 g/mol. The van der Waals surface area contributed by atoms with E-state index in [2.05, 4.69) is 29.6 Å². The number of ether oxygens (including phenoxy) is 1. The van der Waals surface area contributed by atoms with Gasteiger partial charge in [0.15, 0.2) is 0 Å². The van der Waals surface area contributed by atoms with Crippen LogP contribution in [0.15, 0.2) is 48.5 Å². The zero-order chi connectivity index (χ0) is 24.5. The summed E-state index contributed by atoms with van der Waals surface area (Å²) in [5.41, 5.74) is 4.59. The maximum absolute atomic E-state index is 12.9. The Bertz CT molecular complexity index is 961. The Balaban J connectivity index is 1.58. The number of unbranched alkanes of at least 4 members (excludes halogenated alkanes) is 2. The van der Waals surface area contributed by atoms with Gasteiger partial charge in [-0.05, 0) is 41.5 Å². The highest BCUT2D eigenvalue weighted by Crippen LogP contribution is 2.44. The minimum absolute atomic E-state index is 0.0418. The number of nitrogens with zero attached hydrogens (tertiary/aromatic N) is 1. The Labute approximate surface area is 201 Å². The fourth-order valence-electron chi connectivity index (χ4n) is 4.45. The fraction of sp³-hybridized carbons (Fsp3) is 0.444. The first-order valence-corrected chi connectivity index (χ1v) is 12.0. The molecule has 1 atom stereocenters. The second-order valence-corrected chi connectivity index (χ2v) is 8.78. The molecule has 2 N–H and O–H groups in total. The molecule has 0 spiro atoms. The molecule has 0 bridgehead atoms. The number of hydrogen-bond donors (Lipinski definition) is 2. The van der Waals surface area contributed by atoms with Crippen LogP contribution in [0.3, 0.4) is 0 Å². The van der Waals surface area contributed by atoms with E-state index < -0.39 is 18.1 Å². The van der Waals surface area contributed by atoms with Crippen LogP contribution < -0.4 is 5.32 Å². The lowest BCUT2D eigenvalue weighted by Crippen LogP contribution is -2.47. The van der Waals surface area contributed by atoms with Crippen molar-refractivity contribution in [2.75, 3.05) is 20.2 Å². The summed E-state index contributed by atoms with van der Waals surface area (Å²) in [5.74, 6) is -1.07. The molecule has 0 saturated carbocycles. The highest BCUT2D eigenvalue weighted by Gasteiger charge is 2.30. The average molecular weight is 467 g/mol. The first-order chi connectivity index (χ1) is 16.4. The molecule has 0 radical (unpaired) electrons. The van der Waals surface area contributed by atoms with E-state index in [1.54, 1.807) is 11.9 Å². The number of alkyl carbamates (subject to hydrolysis) is 1. The minimum Gasteiger partial charge on any atom is -0.481 e. The third-order valence-electron chi connectivity index (χ3n) is 6.29. The van der Waals surface area contributed by atoms with Crippen molar-refractivity contribution in [3.8, 4) is 11.1 Å². The van der Waals surface area contributed by atoms with Gasteiger partial charge in [-0.15, -0.1) is 0 Å². The van der Waals surface area contributed by atoms with E-state index >= 15 is 0 Å². The quantitative estimate of drug-likeness (QED) is 0.438. The van der Waals surface area contributed by atoms with Gasteiger partial charge in [-0.3, -0.25) is 9.59 Å². The molecule has 0 heterocycles. The summed E-state index contributed by atoms with van der Waals surface area (Å²) in [6.45, 7) is 2.67. The van der Waals surface area contributed by atoms with E-state index in [-0.39, 0.29) is 24.9 Å². The van der Waals surface area contributed by atoms with Crippen molar-refractivity contribution < 1.29 is 24.2 Å². The number of aliphatic carboxylic acids is 1. The lowest BCUT2D eigenvalue weighted by atomic mass is 9.98. The molecule has 2 amide bonds. The fourth-order valence-corrected chi connectivity index (χ4v) is 4.45. The molecule has 1 aliphatic rings. The molecule has 34 heavy (non-hydrogen) atoms. The Morgan fingerprint density at radius 2 is 1.62 bits per heavy atom. The molecular formula is C27H34N2O5. The van der Waals surface area contributed by atoms with Crippen molar-refractivity contribution in [1.29, 1.82) is 0 Å². The number of carbonyl (C=O) groups excluding carboxylic acids is 2. The maximum atomic E-state index is 12.9. The van der Waals surface area contributed by atoms with Crippen LogP contribution in [0.1, 0.15) is 62.5 Å². The third kappa shape index (κ3) is 6.37. The summed E-state index contributed by atoms with van der Waals surface area (Å²) in [6.07, 6.45) is 2.81. The minimum atomic E-state index is -0.841. The Kier molecular flexibility index (Phi) is 9.08. The van der Waals surface area contributed by atoms with Crippen molar-refractivity contribution in [2.24, 2.45) is 0 Å². The smallest absolute Gasteiger partial charge is 0.407 e. The first-order valence-electron chi connectivity index (χ1n) is 12.0. The van der Waals surface area contributed by atoms with Gasteiger partial charge < -0.3 is 20.1 Å². The molecule has 7 nitrogen and oxygen atoms in total. The molecule has 3 rings (SSSR count). The topological polar surface area (TPSA) is 95.9 Å². The number of hydrogen-bond acceptors (Lipinski definition) is 4. The van der Waals surface area contributed by atoms with Crippen molar-refractivity contribution >= 4 is 18.0 Å². The number of rotatable bonds is 12. The number of benzene rings is 2. The van der Waals surface area contributed by atoms with Crippen LogP contribution >= 0.6 is 0 Å². The predicted octanol–water partition coefficient (Wildman–Crippen LogP) is 4.80. The largest absolute Gasteiger partial charge is 0.481 e. The van der Waals surface area contributed by atoms with Gasteiger partial charge in [-0.1, -0.05) is 68.3 Å². The number of fused-ring (bicyclic) bond motifs is 3. The van der Waals surface area contributed by atoms with E-state index in [1.807, 2.05) is 31.2 Å². The van der Waals surface area contributed by atoms with E-state index in [1.165, 1.54) is 0 Å². The standard InChI is InChI=1S/C27H34N2O5/c1-3-4-15-24(26(32)29(2)17-10-9-16-25(30)31)28-27(33)34-18-23-21-13-7-5-11-19(21)20-12-6-8-14-22(20)23/h5-8,11-14,23-24H,3-4,9-10,15-18H2,1-2H3,(H,28,33)(H,30,31). The molecule has 182 valence electrons. The van der Waals surface area contributed by atoms with Crippen LogP contribution in [0.25, 0.3) is 11.1 Å². The summed E-state index contributed by atoms with van der Waals surface area (Å²) >= 11 is 0. The molecule has 0 aromatic heterocycles. The summed E-state index contributed by atoms with van der Waals surface area (Å²) in [4.78, 5) is 37.9. The number of carboxylic acid groups (broad SMARTS) is 1. The van der Waals surface area contributed by atoms with E-state index in [0.29, 0.717) is 25.8 Å². The summed E-state index contributed by atoms with van der Waals surface area (Å²) in [5, 5.41) is 11.5. The monoisotopic (exact) mass is 466 g/mol. The van der Waals surface area contributed by atoms with Crippen LogP contribution in [0, 0.1) is 0 Å². The number of likely N-dealkylation sites (N-methyl/N-ethyl adjacent to an activating group) is 1. The summed E-state index contributed by atoms with van der Waals surface area (Å²) < 4.78 is 5.62. The van der Waals surface area contributed by atoms with Gasteiger partial charge >= 0.3 is 12.1 Å². The first kappa shape index (κ1) is 25.3. The molecule has 2 aromatic rings. The zero-order valence-electron chi connectivity index (χ0n) is 20.0. The van der Waals surface area contributed by atoms with E-state index in [4.69, 9.17) is 9.84 Å². The van der Waals surface area contributed by atoms with Gasteiger partial charge in [0.1, 0.15) is 12.6 Å². The molecule has 7 heteroatoms. The molecule has 1 aliphatic carbocycles. The number of amides is 2. The normalized spacial score (nSPS) is 13.0. The maximum Gasteiger partial charge on any atom is 0.407 e. The zero-order valence-corrected chi connectivity index (χ0v) is 20.0. The number of nitrogens with one attached hydrogen (secondary N) is 1. The van der Waals surface area contributed by atoms with Gasteiger partial charge in [0, 0.05) is 25.9 Å². The third-order valence-corrected chi connectivity index (χ3v) is 6.29. The van der Waals surface area contributed by atoms with E-state index in [9.17, 15) is 14.4 Å². The van der Waals surface area contributed by atoms with Crippen LogP contribution in [-0.4, -0.2) is 54.2 Å².